The van der Waals surface area contributed by atoms with Crippen LogP contribution in [0, 0.1) is 11.8 Å². The molecule has 11 heteroatoms. The third-order valence-electron chi connectivity index (χ3n) is 9.42. The van der Waals surface area contributed by atoms with Crippen LogP contribution in [0.1, 0.15) is 70.4 Å². The van der Waals surface area contributed by atoms with Gasteiger partial charge in [-0.25, -0.2) is 9.59 Å². The predicted molar refractivity (Wildman–Crippen MR) is 161 cm³/mol. The van der Waals surface area contributed by atoms with E-state index < -0.39 is 6.09 Å². The number of piperidine rings is 2. The SMILES string of the molecule is CC(C)c1cnn2c(NC3C4CCC3CN(C(=O)O)C4)cc(O[C@@H]3CCC(C)(C)N(C(=O)OCc4ccccc4)C3)nc12. The van der Waals surface area contributed by atoms with E-state index in [0.29, 0.717) is 25.5 Å². The van der Waals surface area contributed by atoms with Crippen molar-refractivity contribution in [1.29, 1.82) is 0 Å². The zero-order chi connectivity index (χ0) is 30.3. The van der Waals surface area contributed by atoms with Crippen LogP contribution in [0.25, 0.3) is 5.65 Å². The smallest absolute Gasteiger partial charge is 0.410 e. The normalized spacial score (nSPS) is 24.8. The summed E-state index contributed by atoms with van der Waals surface area (Å²) in [6, 6.07) is 11.7. The summed E-state index contributed by atoms with van der Waals surface area (Å²) in [7, 11) is 0. The second-order valence-electron chi connectivity index (χ2n) is 13.2. The fourth-order valence-electron chi connectivity index (χ4n) is 6.89. The lowest BCUT2D eigenvalue weighted by atomic mass is 9.89. The number of carboxylic acid groups (broad SMARTS) is 1. The molecule has 2 N–H and O–H groups in total. The van der Waals surface area contributed by atoms with Gasteiger partial charge < -0.3 is 24.8 Å². The molecule has 1 aliphatic carbocycles. The maximum atomic E-state index is 13.2. The topological polar surface area (TPSA) is 122 Å². The minimum absolute atomic E-state index is 0.145. The van der Waals surface area contributed by atoms with Gasteiger partial charge in [0.05, 0.1) is 12.7 Å². The monoisotopic (exact) mass is 590 g/mol. The first-order valence-electron chi connectivity index (χ1n) is 15.4. The van der Waals surface area contributed by atoms with E-state index in [-0.39, 0.29) is 48.1 Å². The summed E-state index contributed by atoms with van der Waals surface area (Å²) in [5.74, 6) is 1.95. The summed E-state index contributed by atoms with van der Waals surface area (Å²) >= 11 is 0. The number of ether oxygens (including phenoxy) is 2. The predicted octanol–water partition coefficient (Wildman–Crippen LogP) is 5.61. The van der Waals surface area contributed by atoms with Crippen molar-refractivity contribution in [3.8, 4) is 5.88 Å². The summed E-state index contributed by atoms with van der Waals surface area (Å²) in [5.41, 5.74) is 2.34. The van der Waals surface area contributed by atoms with Gasteiger partial charge in [-0.3, -0.25) is 4.90 Å². The zero-order valence-corrected chi connectivity index (χ0v) is 25.4. The number of nitrogens with zero attached hydrogens (tertiary/aromatic N) is 5. The van der Waals surface area contributed by atoms with E-state index in [1.165, 1.54) is 0 Å². The minimum Gasteiger partial charge on any atom is -0.472 e. The molecule has 2 unspecified atom stereocenters. The minimum atomic E-state index is -0.848. The highest BCUT2D eigenvalue weighted by molar-refractivity contribution is 5.69. The number of benzene rings is 1. The van der Waals surface area contributed by atoms with E-state index in [9.17, 15) is 14.7 Å². The number of anilines is 1. The Kier molecular flexibility index (Phi) is 7.83. The van der Waals surface area contributed by atoms with Gasteiger partial charge in [0, 0.05) is 36.3 Å². The molecule has 1 aromatic carbocycles. The van der Waals surface area contributed by atoms with E-state index in [2.05, 4.69) is 38.1 Å². The standard InChI is InChI=1S/C32H42N6O5/c1-20(2)25-15-33-38-26(34-28-22-10-11-23(28)17-36(16-22)30(39)40)14-27(35-29(25)38)43-24-12-13-32(3,4)37(18-24)31(41)42-19-21-8-6-5-7-9-21/h5-9,14-15,20,22-24,28,34H,10-13,16-19H2,1-4H3,(H,39,40)/t22?,23?,24-,28?/m1/s1. The first-order valence-corrected chi connectivity index (χ1v) is 15.4. The zero-order valence-electron chi connectivity index (χ0n) is 25.4. The lowest BCUT2D eigenvalue weighted by molar-refractivity contribution is -0.00188. The van der Waals surface area contributed by atoms with Gasteiger partial charge in [0.2, 0.25) is 5.88 Å². The van der Waals surface area contributed by atoms with Gasteiger partial charge in [0.25, 0.3) is 0 Å². The third kappa shape index (κ3) is 5.94. The van der Waals surface area contributed by atoms with Gasteiger partial charge in [-0.15, -0.1) is 0 Å². The third-order valence-corrected chi connectivity index (χ3v) is 9.42. The molecular weight excluding hydrogens is 548 g/mol. The average Bonchev–Trinajstić information content (AvgIpc) is 3.49. The van der Waals surface area contributed by atoms with Crippen molar-refractivity contribution >= 4 is 23.7 Å². The number of amides is 2. The quantitative estimate of drug-likeness (QED) is 0.364. The summed E-state index contributed by atoms with van der Waals surface area (Å²) in [4.78, 5) is 33.1. The molecule has 2 amide bonds. The van der Waals surface area contributed by atoms with Crippen LogP contribution >= 0.6 is 0 Å². The van der Waals surface area contributed by atoms with Gasteiger partial charge in [-0.2, -0.15) is 14.6 Å². The largest absolute Gasteiger partial charge is 0.472 e. The van der Waals surface area contributed by atoms with Crippen LogP contribution in [0.15, 0.2) is 42.6 Å². The number of hydrogen-bond donors (Lipinski definition) is 2. The number of likely N-dealkylation sites (tertiary alicyclic amines) is 2. The first kappa shape index (κ1) is 29.1. The number of carbonyl (C=O) groups excluding carboxylic acids is 1. The number of nitrogens with one attached hydrogen (secondary N) is 1. The molecule has 3 aromatic rings. The molecule has 2 saturated heterocycles. The highest BCUT2D eigenvalue weighted by atomic mass is 16.6. The second kappa shape index (κ2) is 11.6. The van der Waals surface area contributed by atoms with Crippen LogP contribution in [0.2, 0.25) is 0 Å². The van der Waals surface area contributed by atoms with Gasteiger partial charge in [-0.05, 0) is 62.8 Å². The van der Waals surface area contributed by atoms with Crippen LogP contribution in [-0.4, -0.2) is 79.0 Å². The lowest BCUT2D eigenvalue weighted by Crippen LogP contribution is -2.56. The van der Waals surface area contributed by atoms with E-state index >= 15 is 0 Å². The Morgan fingerprint density at radius 2 is 1.81 bits per heavy atom. The maximum absolute atomic E-state index is 13.2. The number of aromatic nitrogens is 3. The Labute approximate surface area is 252 Å². The molecule has 0 radical (unpaired) electrons. The first-order chi connectivity index (χ1) is 20.6. The van der Waals surface area contributed by atoms with Gasteiger partial charge in [0.15, 0.2) is 5.65 Å². The highest BCUT2D eigenvalue weighted by Crippen LogP contribution is 2.39. The van der Waals surface area contributed by atoms with E-state index in [4.69, 9.17) is 14.5 Å². The van der Waals surface area contributed by atoms with Crippen molar-refractivity contribution in [3.63, 3.8) is 0 Å². The fourth-order valence-corrected chi connectivity index (χ4v) is 6.89. The Hall–Kier alpha value is -4.02. The Balaban J connectivity index is 1.22. The Morgan fingerprint density at radius 1 is 1.09 bits per heavy atom. The van der Waals surface area contributed by atoms with Gasteiger partial charge in [-0.1, -0.05) is 44.2 Å². The molecule has 230 valence electrons. The van der Waals surface area contributed by atoms with Crippen molar-refractivity contribution in [2.75, 3.05) is 25.0 Å². The molecule has 0 spiro atoms. The summed E-state index contributed by atoms with van der Waals surface area (Å²) in [5, 5.41) is 18.0. The molecule has 3 fully saturated rings. The maximum Gasteiger partial charge on any atom is 0.410 e. The van der Waals surface area contributed by atoms with Crippen LogP contribution in [-0.2, 0) is 11.3 Å². The summed E-state index contributed by atoms with van der Waals surface area (Å²) in [6.45, 7) is 10.0. The fraction of sp³-hybridized carbons (Fsp3) is 0.562. The molecule has 11 nitrogen and oxygen atoms in total. The van der Waals surface area contributed by atoms with E-state index in [0.717, 1.165) is 48.3 Å². The molecule has 2 aromatic heterocycles. The van der Waals surface area contributed by atoms with Crippen molar-refractivity contribution in [2.24, 2.45) is 11.8 Å². The molecule has 2 aliphatic heterocycles. The Morgan fingerprint density at radius 3 is 2.49 bits per heavy atom. The number of carbonyl (C=O) groups is 2. The van der Waals surface area contributed by atoms with E-state index in [1.807, 2.05) is 47.1 Å². The molecule has 3 aliphatic rings. The second-order valence-corrected chi connectivity index (χ2v) is 13.2. The number of fused-ring (bicyclic) bond motifs is 3. The number of rotatable bonds is 7. The Bertz CT molecular complexity index is 1460. The van der Waals surface area contributed by atoms with Crippen LogP contribution in [0.4, 0.5) is 15.4 Å². The van der Waals surface area contributed by atoms with Gasteiger partial charge >= 0.3 is 12.2 Å². The molecule has 1 saturated carbocycles. The highest BCUT2D eigenvalue weighted by Gasteiger charge is 2.44. The molecule has 4 heterocycles. The molecular formula is C32H42N6O5. The number of hydrogen-bond acceptors (Lipinski definition) is 7. The van der Waals surface area contributed by atoms with E-state index in [1.54, 1.807) is 9.80 Å². The molecule has 3 atom stereocenters. The molecule has 6 rings (SSSR count). The van der Waals surface area contributed by atoms with Crippen molar-refractivity contribution in [2.45, 2.75) is 83.6 Å². The van der Waals surface area contributed by atoms with Crippen molar-refractivity contribution < 1.29 is 24.2 Å². The molecule has 43 heavy (non-hydrogen) atoms. The average molecular weight is 591 g/mol. The van der Waals surface area contributed by atoms with Crippen LogP contribution in [0.5, 0.6) is 5.88 Å². The van der Waals surface area contributed by atoms with Crippen LogP contribution < -0.4 is 10.1 Å². The summed E-state index contributed by atoms with van der Waals surface area (Å²) < 4.78 is 14.1. The lowest BCUT2D eigenvalue weighted by Gasteiger charge is -2.44. The van der Waals surface area contributed by atoms with Gasteiger partial charge in [0.1, 0.15) is 18.5 Å². The van der Waals surface area contributed by atoms with Crippen molar-refractivity contribution in [1.82, 2.24) is 24.4 Å². The van der Waals surface area contributed by atoms with Crippen molar-refractivity contribution in [3.05, 3.63) is 53.7 Å². The molecule has 2 bridgehead atoms. The summed E-state index contributed by atoms with van der Waals surface area (Å²) in [6.07, 6.45) is 3.94. The van der Waals surface area contributed by atoms with Crippen LogP contribution in [0.3, 0.4) is 0 Å².